The molecule has 7 rings (SSSR count). The van der Waals surface area contributed by atoms with E-state index in [0.717, 1.165) is 16.9 Å². The van der Waals surface area contributed by atoms with E-state index in [0.29, 0.717) is 17.8 Å². The standard InChI is InChI=1S/C40H38N2S/c1-24(2)28-19-20-30-31-15-12-16-32(39(31)43-37(30)23-28)40-41-35-17-10-11-18-36(35)42(40)38-33(25(3)4)21-29(22-34(38)26(5)6)27-13-8-7-9-14-27/h7-26H,1-6H3. The van der Waals surface area contributed by atoms with Crippen molar-refractivity contribution in [2.24, 2.45) is 0 Å². The lowest BCUT2D eigenvalue weighted by Crippen LogP contribution is -2.09. The summed E-state index contributed by atoms with van der Waals surface area (Å²) in [5, 5.41) is 2.63. The van der Waals surface area contributed by atoms with Gasteiger partial charge in [-0.25, -0.2) is 4.98 Å². The fourth-order valence-electron chi connectivity index (χ4n) is 6.40. The number of benzene rings is 5. The molecule has 0 fully saturated rings. The average Bonchev–Trinajstić information content (AvgIpc) is 3.58. The van der Waals surface area contributed by atoms with Gasteiger partial charge in [-0.05, 0) is 82.0 Å². The van der Waals surface area contributed by atoms with E-state index < -0.39 is 0 Å². The molecule has 0 aliphatic rings. The molecule has 0 aliphatic heterocycles. The summed E-state index contributed by atoms with van der Waals surface area (Å²) in [7, 11) is 0. The molecule has 3 heteroatoms. The normalized spacial score (nSPS) is 12.1. The van der Waals surface area contributed by atoms with Gasteiger partial charge in [0.1, 0.15) is 5.82 Å². The van der Waals surface area contributed by atoms with Gasteiger partial charge in [0, 0.05) is 25.7 Å². The Morgan fingerprint density at radius 1 is 0.605 bits per heavy atom. The third-order valence-corrected chi connectivity index (χ3v) is 9.94. The fourth-order valence-corrected chi connectivity index (χ4v) is 7.66. The molecule has 0 saturated carbocycles. The molecule has 0 saturated heterocycles. The number of aromatic nitrogens is 2. The van der Waals surface area contributed by atoms with Crippen LogP contribution in [0.4, 0.5) is 0 Å². The summed E-state index contributed by atoms with van der Waals surface area (Å²) in [6.07, 6.45) is 0. The molecule has 0 atom stereocenters. The van der Waals surface area contributed by atoms with Gasteiger partial charge >= 0.3 is 0 Å². The van der Waals surface area contributed by atoms with Gasteiger partial charge in [-0.3, -0.25) is 4.57 Å². The highest BCUT2D eigenvalue weighted by Gasteiger charge is 2.25. The van der Waals surface area contributed by atoms with Crippen LogP contribution in [0.15, 0.2) is 103 Å². The third-order valence-electron chi connectivity index (χ3n) is 8.73. The molecule has 0 N–H and O–H groups in total. The van der Waals surface area contributed by atoms with Crippen LogP contribution in [0.3, 0.4) is 0 Å². The molecule has 5 aromatic carbocycles. The molecule has 214 valence electrons. The minimum Gasteiger partial charge on any atom is -0.292 e. The summed E-state index contributed by atoms with van der Waals surface area (Å²) < 4.78 is 5.11. The molecule has 2 aromatic heterocycles. The van der Waals surface area contributed by atoms with Crippen LogP contribution in [0.2, 0.25) is 0 Å². The lowest BCUT2D eigenvalue weighted by Gasteiger charge is -2.24. The van der Waals surface area contributed by atoms with Crippen molar-refractivity contribution in [1.82, 2.24) is 9.55 Å². The zero-order valence-corrected chi connectivity index (χ0v) is 26.7. The Labute approximate surface area is 258 Å². The van der Waals surface area contributed by atoms with Crippen molar-refractivity contribution in [2.75, 3.05) is 0 Å². The van der Waals surface area contributed by atoms with Gasteiger partial charge in [0.2, 0.25) is 0 Å². The van der Waals surface area contributed by atoms with Crippen LogP contribution in [0.1, 0.15) is 76.0 Å². The van der Waals surface area contributed by atoms with E-state index in [9.17, 15) is 0 Å². The fraction of sp³-hybridized carbons (Fsp3) is 0.225. The number of rotatable bonds is 6. The van der Waals surface area contributed by atoms with E-state index in [1.807, 2.05) is 11.3 Å². The second kappa shape index (κ2) is 10.8. The quantitative estimate of drug-likeness (QED) is 0.192. The van der Waals surface area contributed by atoms with E-state index in [-0.39, 0.29) is 0 Å². The molecule has 0 spiro atoms. The van der Waals surface area contributed by atoms with E-state index in [2.05, 4.69) is 149 Å². The number of hydrogen-bond acceptors (Lipinski definition) is 2. The van der Waals surface area contributed by atoms with Crippen molar-refractivity contribution in [3.63, 3.8) is 0 Å². The second-order valence-corrected chi connectivity index (χ2v) is 13.7. The molecule has 0 unspecified atom stereocenters. The molecule has 0 radical (unpaired) electrons. The Hall–Kier alpha value is -4.21. The van der Waals surface area contributed by atoms with Crippen LogP contribution in [-0.4, -0.2) is 9.55 Å². The van der Waals surface area contributed by atoms with Crippen LogP contribution < -0.4 is 0 Å². The molecule has 7 aromatic rings. The summed E-state index contributed by atoms with van der Waals surface area (Å²) in [5.74, 6) is 2.18. The number of hydrogen-bond donors (Lipinski definition) is 0. The predicted molar refractivity (Wildman–Crippen MR) is 187 cm³/mol. The van der Waals surface area contributed by atoms with Crippen LogP contribution in [0, 0.1) is 0 Å². The van der Waals surface area contributed by atoms with Crippen LogP contribution >= 0.6 is 11.3 Å². The second-order valence-electron chi connectivity index (χ2n) is 12.6. The Morgan fingerprint density at radius 2 is 1.30 bits per heavy atom. The van der Waals surface area contributed by atoms with Crippen molar-refractivity contribution < 1.29 is 0 Å². The zero-order chi connectivity index (χ0) is 29.8. The first-order chi connectivity index (χ1) is 20.8. The van der Waals surface area contributed by atoms with E-state index in [1.54, 1.807) is 0 Å². The van der Waals surface area contributed by atoms with Crippen molar-refractivity contribution in [3.8, 4) is 28.2 Å². The number of para-hydroxylation sites is 2. The first-order valence-corrected chi connectivity index (χ1v) is 16.3. The Kier molecular flexibility index (Phi) is 6.94. The molecular weight excluding hydrogens is 541 g/mol. The Morgan fingerprint density at radius 3 is 2.00 bits per heavy atom. The van der Waals surface area contributed by atoms with Gasteiger partial charge in [0.05, 0.1) is 16.7 Å². The first-order valence-electron chi connectivity index (χ1n) is 15.5. The highest BCUT2D eigenvalue weighted by atomic mass is 32.1. The highest BCUT2D eigenvalue weighted by Crippen LogP contribution is 2.44. The van der Waals surface area contributed by atoms with Gasteiger partial charge < -0.3 is 0 Å². The average molecular weight is 579 g/mol. The monoisotopic (exact) mass is 578 g/mol. The van der Waals surface area contributed by atoms with Crippen LogP contribution in [0.25, 0.3) is 59.4 Å². The van der Waals surface area contributed by atoms with E-state index in [4.69, 9.17) is 4.98 Å². The van der Waals surface area contributed by atoms with Crippen molar-refractivity contribution in [1.29, 1.82) is 0 Å². The van der Waals surface area contributed by atoms with Crippen LogP contribution in [0.5, 0.6) is 0 Å². The lowest BCUT2D eigenvalue weighted by atomic mass is 9.88. The van der Waals surface area contributed by atoms with E-state index >= 15 is 0 Å². The molecule has 0 bridgehead atoms. The van der Waals surface area contributed by atoms with E-state index in [1.165, 1.54) is 59.2 Å². The maximum atomic E-state index is 5.38. The van der Waals surface area contributed by atoms with Crippen molar-refractivity contribution in [3.05, 3.63) is 120 Å². The highest BCUT2D eigenvalue weighted by molar-refractivity contribution is 7.26. The Bertz CT molecular complexity index is 2080. The number of fused-ring (bicyclic) bond motifs is 4. The number of thiophene rings is 1. The maximum Gasteiger partial charge on any atom is 0.147 e. The zero-order valence-electron chi connectivity index (χ0n) is 25.8. The molecule has 0 aliphatic carbocycles. The molecule has 2 heterocycles. The maximum absolute atomic E-state index is 5.38. The summed E-state index contributed by atoms with van der Waals surface area (Å²) in [6.45, 7) is 13.8. The van der Waals surface area contributed by atoms with Gasteiger partial charge in [-0.1, -0.05) is 108 Å². The minimum atomic E-state index is 0.333. The van der Waals surface area contributed by atoms with Crippen molar-refractivity contribution >= 4 is 42.5 Å². The lowest BCUT2D eigenvalue weighted by molar-refractivity contribution is 0.812. The summed E-state index contributed by atoms with van der Waals surface area (Å²) in [6, 6.07) is 37.9. The van der Waals surface area contributed by atoms with Gasteiger partial charge in [-0.15, -0.1) is 11.3 Å². The molecule has 2 nitrogen and oxygen atoms in total. The van der Waals surface area contributed by atoms with Crippen molar-refractivity contribution in [2.45, 2.75) is 59.3 Å². The third kappa shape index (κ3) is 4.67. The first kappa shape index (κ1) is 27.6. The molecular formula is C40H38N2S. The van der Waals surface area contributed by atoms with Gasteiger partial charge in [0.15, 0.2) is 0 Å². The largest absolute Gasteiger partial charge is 0.292 e. The summed E-state index contributed by atoms with van der Waals surface area (Å²) in [5.41, 5.74) is 11.2. The topological polar surface area (TPSA) is 17.8 Å². The smallest absolute Gasteiger partial charge is 0.147 e. The summed E-state index contributed by atoms with van der Waals surface area (Å²) in [4.78, 5) is 5.38. The van der Waals surface area contributed by atoms with Crippen LogP contribution in [-0.2, 0) is 0 Å². The van der Waals surface area contributed by atoms with Gasteiger partial charge in [-0.2, -0.15) is 0 Å². The predicted octanol–water partition coefficient (Wildman–Crippen LogP) is 12.1. The molecule has 43 heavy (non-hydrogen) atoms. The Balaban J connectivity index is 1.57. The van der Waals surface area contributed by atoms with Gasteiger partial charge in [0.25, 0.3) is 0 Å². The number of nitrogens with zero attached hydrogens (tertiary/aromatic N) is 2. The summed E-state index contributed by atoms with van der Waals surface area (Å²) >= 11 is 1.90. The minimum absolute atomic E-state index is 0.333. The SMILES string of the molecule is CC(C)c1ccc2c(c1)sc1c(-c3nc4ccccc4n3-c3c(C(C)C)cc(-c4ccccc4)cc3C(C)C)cccc12. The number of imidazole rings is 1. The molecule has 0 amide bonds.